The van der Waals surface area contributed by atoms with Gasteiger partial charge in [0, 0.05) is 25.4 Å². The zero-order chi connectivity index (χ0) is 15.2. The minimum atomic E-state index is -1.13. The summed E-state index contributed by atoms with van der Waals surface area (Å²) < 4.78 is 1.36. The molecule has 0 aliphatic rings. The maximum atomic E-state index is 11.8. The van der Waals surface area contributed by atoms with E-state index >= 15 is 0 Å². The Bertz CT molecular complexity index is 607. The molecule has 10 nitrogen and oxygen atoms in total. The average molecular weight is 293 g/mol. The summed E-state index contributed by atoms with van der Waals surface area (Å²) in [6, 6.07) is -0.241. The number of hydrogen-bond acceptors (Lipinski definition) is 5. The summed E-state index contributed by atoms with van der Waals surface area (Å²) in [5.41, 5.74) is 0.772. The van der Waals surface area contributed by atoms with E-state index in [4.69, 9.17) is 5.11 Å². The van der Waals surface area contributed by atoms with Crippen LogP contribution < -0.4 is 5.32 Å². The number of amides is 2. The summed E-state index contributed by atoms with van der Waals surface area (Å²) in [6.07, 6.45) is 4.67. The van der Waals surface area contributed by atoms with Gasteiger partial charge in [-0.05, 0) is 0 Å². The van der Waals surface area contributed by atoms with Gasteiger partial charge in [0.25, 0.3) is 0 Å². The van der Waals surface area contributed by atoms with Crippen molar-refractivity contribution in [2.45, 2.75) is 13.1 Å². The Kier molecular flexibility index (Phi) is 4.49. The lowest BCUT2D eigenvalue weighted by Crippen LogP contribution is -2.38. The first kappa shape index (κ1) is 14.5. The quantitative estimate of drug-likeness (QED) is 0.661. The molecular formula is C11H15N7O3. The van der Waals surface area contributed by atoms with Gasteiger partial charge < -0.3 is 15.3 Å². The highest BCUT2D eigenvalue weighted by molar-refractivity contribution is 5.84. The molecule has 0 atom stereocenters. The second-order valence-electron chi connectivity index (χ2n) is 4.37. The number of carbonyl (C=O) groups excluding carboxylic acids is 1. The van der Waals surface area contributed by atoms with Gasteiger partial charge in [-0.3, -0.25) is 5.10 Å². The predicted molar refractivity (Wildman–Crippen MR) is 70.4 cm³/mol. The van der Waals surface area contributed by atoms with Gasteiger partial charge in [0.1, 0.15) is 0 Å². The van der Waals surface area contributed by atoms with Gasteiger partial charge in [-0.25, -0.2) is 14.3 Å². The first-order chi connectivity index (χ1) is 10.1. The number of hydrogen-bond donors (Lipinski definition) is 3. The minimum absolute atomic E-state index is 0.126. The third-order valence-electron chi connectivity index (χ3n) is 2.70. The van der Waals surface area contributed by atoms with E-state index in [1.807, 2.05) is 0 Å². The van der Waals surface area contributed by atoms with Gasteiger partial charge in [0.2, 0.25) is 0 Å². The molecule has 21 heavy (non-hydrogen) atoms. The third-order valence-corrected chi connectivity index (χ3v) is 2.70. The molecule has 0 aromatic carbocycles. The van der Waals surface area contributed by atoms with Crippen LogP contribution in [0.5, 0.6) is 0 Å². The first-order valence-corrected chi connectivity index (χ1v) is 6.16. The SMILES string of the molecule is CN(Cc1cn[nH]c1)C(=O)NCCn1cc(C(=O)O)nn1. The number of aromatic nitrogens is 5. The van der Waals surface area contributed by atoms with Crippen LogP contribution in [-0.2, 0) is 13.1 Å². The molecule has 112 valence electrons. The predicted octanol–water partition coefficient (Wildman–Crippen LogP) is -0.459. The van der Waals surface area contributed by atoms with Crippen molar-refractivity contribution in [3.8, 4) is 0 Å². The third kappa shape index (κ3) is 4.03. The summed E-state index contributed by atoms with van der Waals surface area (Å²) in [5, 5.41) is 25.0. The monoisotopic (exact) mass is 293 g/mol. The number of nitrogens with one attached hydrogen (secondary N) is 2. The highest BCUT2D eigenvalue weighted by Gasteiger charge is 2.10. The van der Waals surface area contributed by atoms with Gasteiger partial charge >= 0.3 is 12.0 Å². The number of aromatic amines is 1. The Labute approximate surface area is 119 Å². The van der Waals surface area contributed by atoms with Crippen LogP contribution in [0.3, 0.4) is 0 Å². The molecule has 2 heterocycles. The molecule has 0 aliphatic heterocycles. The van der Waals surface area contributed by atoms with Crippen LogP contribution in [0, 0.1) is 0 Å². The number of nitrogens with zero attached hydrogens (tertiary/aromatic N) is 5. The molecule has 2 aromatic heterocycles. The maximum absolute atomic E-state index is 11.8. The van der Waals surface area contributed by atoms with Gasteiger partial charge in [-0.2, -0.15) is 5.10 Å². The smallest absolute Gasteiger partial charge is 0.358 e. The lowest BCUT2D eigenvalue weighted by Gasteiger charge is -2.16. The Balaban J connectivity index is 1.74. The van der Waals surface area contributed by atoms with Gasteiger partial charge in [-0.1, -0.05) is 5.21 Å². The van der Waals surface area contributed by atoms with Crippen LogP contribution in [-0.4, -0.2) is 60.8 Å². The van der Waals surface area contributed by atoms with Gasteiger partial charge in [-0.15, -0.1) is 5.10 Å². The maximum Gasteiger partial charge on any atom is 0.358 e. The van der Waals surface area contributed by atoms with Crippen LogP contribution in [0.4, 0.5) is 4.79 Å². The van der Waals surface area contributed by atoms with E-state index in [0.29, 0.717) is 19.6 Å². The van der Waals surface area contributed by atoms with Crippen molar-refractivity contribution in [2.24, 2.45) is 0 Å². The summed E-state index contributed by atoms with van der Waals surface area (Å²) in [7, 11) is 1.67. The number of H-pyrrole nitrogens is 1. The molecular weight excluding hydrogens is 278 g/mol. The van der Waals surface area contributed by atoms with Crippen molar-refractivity contribution in [2.75, 3.05) is 13.6 Å². The molecule has 0 saturated heterocycles. The molecule has 0 aliphatic carbocycles. The van der Waals surface area contributed by atoms with E-state index in [9.17, 15) is 9.59 Å². The molecule has 0 bridgehead atoms. The van der Waals surface area contributed by atoms with Crippen molar-refractivity contribution in [1.82, 2.24) is 35.4 Å². The van der Waals surface area contributed by atoms with E-state index < -0.39 is 5.97 Å². The molecule has 0 fully saturated rings. The van der Waals surface area contributed by atoms with Crippen molar-refractivity contribution >= 4 is 12.0 Å². The minimum Gasteiger partial charge on any atom is -0.476 e. The molecule has 10 heteroatoms. The number of carboxylic acid groups (broad SMARTS) is 1. The van der Waals surface area contributed by atoms with Crippen LogP contribution in [0.1, 0.15) is 16.1 Å². The number of carbonyl (C=O) groups is 2. The van der Waals surface area contributed by atoms with E-state index in [2.05, 4.69) is 25.8 Å². The standard InChI is InChI=1S/C11H15N7O3/c1-17(6-8-4-13-14-5-8)11(21)12-2-3-18-7-9(10(19)20)15-16-18/h4-5,7H,2-3,6H2,1H3,(H,12,21)(H,13,14)(H,19,20). The molecule has 0 unspecified atom stereocenters. The summed E-state index contributed by atoms with van der Waals surface area (Å²) >= 11 is 0. The van der Waals surface area contributed by atoms with Crippen LogP contribution in [0.2, 0.25) is 0 Å². The molecule has 2 aromatic rings. The van der Waals surface area contributed by atoms with E-state index in [0.717, 1.165) is 5.56 Å². The molecule has 3 N–H and O–H groups in total. The second-order valence-corrected chi connectivity index (χ2v) is 4.37. The molecule has 2 rings (SSSR count). The average Bonchev–Trinajstić information content (AvgIpc) is 3.09. The molecule has 0 spiro atoms. The summed E-state index contributed by atoms with van der Waals surface area (Å²) in [6.45, 7) is 1.09. The number of aromatic carboxylic acids is 1. The Morgan fingerprint density at radius 1 is 1.52 bits per heavy atom. The molecule has 2 amide bonds. The van der Waals surface area contributed by atoms with Crippen molar-refractivity contribution in [1.29, 1.82) is 0 Å². The Morgan fingerprint density at radius 3 is 2.95 bits per heavy atom. The van der Waals surface area contributed by atoms with Crippen LogP contribution >= 0.6 is 0 Å². The lowest BCUT2D eigenvalue weighted by atomic mass is 10.3. The fraction of sp³-hybridized carbons (Fsp3) is 0.364. The van der Waals surface area contributed by atoms with E-state index in [1.54, 1.807) is 19.4 Å². The largest absolute Gasteiger partial charge is 0.476 e. The lowest BCUT2D eigenvalue weighted by molar-refractivity contribution is 0.0690. The Morgan fingerprint density at radius 2 is 2.33 bits per heavy atom. The van der Waals surface area contributed by atoms with Gasteiger partial charge in [0.15, 0.2) is 5.69 Å². The summed E-state index contributed by atoms with van der Waals surface area (Å²) in [4.78, 5) is 24.0. The summed E-state index contributed by atoms with van der Waals surface area (Å²) in [5.74, 6) is -1.13. The highest BCUT2D eigenvalue weighted by atomic mass is 16.4. The van der Waals surface area contributed by atoms with Crippen molar-refractivity contribution in [3.05, 3.63) is 29.8 Å². The van der Waals surface area contributed by atoms with Crippen molar-refractivity contribution in [3.63, 3.8) is 0 Å². The highest BCUT2D eigenvalue weighted by Crippen LogP contribution is 1.99. The van der Waals surface area contributed by atoms with Crippen LogP contribution in [0.15, 0.2) is 18.6 Å². The molecule has 0 radical (unpaired) electrons. The zero-order valence-corrected chi connectivity index (χ0v) is 11.4. The fourth-order valence-corrected chi connectivity index (χ4v) is 1.63. The van der Waals surface area contributed by atoms with E-state index in [1.165, 1.54) is 15.8 Å². The number of carboxylic acids is 1. The second kappa shape index (κ2) is 6.50. The Hall–Kier alpha value is -2.91. The van der Waals surface area contributed by atoms with Gasteiger partial charge in [0.05, 0.1) is 25.5 Å². The first-order valence-electron chi connectivity index (χ1n) is 6.16. The topological polar surface area (TPSA) is 129 Å². The van der Waals surface area contributed by atoms with Crippen LogP contribution in [0.25, 0.3) is 0 Å². The normalized spacial score (nSPS) is 10.3. The number of urea groups is 1. The molecule has 0 saturated carbocycles. The fourth-order valence-electron chi connectivity index (χ4n) is 1.63. The van der Waals surface area contributed by atoms with Crippen molar-refractivity contribution < 1.29 is 14.7 Å². The zero-order valence-electron chi connectivity index (χ0n) is 11.4. The number of rotatable bonds is 6. The van der Waals surface area contributed by atoms with E-state index in [-0.39, 0.29) is 11.7 Å².